The molecular weight excluding hydrogens is 364 g/mol. The fourth-order valence-electron chi connectivity index (χ4n) is 4.62. The van der Waals surface area contributed by atoms with Crippen LogP contribution >= 0.6 is 0 Å². The summed E-state index contributed by atoms with van der Waals surface area (Å²) in [4.78, 5) is 30.9. The van der Waals surface area contributed by atoms with Crippen LogP contribution in [0.3, 0.4) is 0 Å². The third-order valence-corrected chi connectivity index (χ3v) is 6.24. The maximum Gasteiger partial charge on any atom is 0.234 e. The smallest absolute Gasteiger partial charge is 0.234 e. The number of para-hydroxylation sites is 1. The van der Waals surface area contributed by atoms with Gasteiger partial charge in [-0.15, -0.1) is 0 Å². The van der Waals surface area contributed by atoms with Crippen molar-refractivity contribution in [3.8, 4) is 0 Å². The lowest BCUT2D eigenvalue weighted by Crippen LogP contribution is -2.45. The minimum absolute atomic E-state index is 0.0993. The summed E-state index contributed by atoms with van der Waals surface area (Å²) in [5.41, 5.74) is 1.19. The highest BCUT2D eigenvalue weighted by atomic mass is 16.2. The third-order valence-electron chi connectivity index (χ3n) is 6.24. The number of fused-ring (bicyclic) bond motifs is 2. The Bertz CT molecular complexity index is 1100. The first-order chi connectivity index (χ1) is 13.9. The number of carbonyl (C=O) groups excluding carboxylic acids is 1. The molecule has 0 saturated heterocycles. The van der Waals surface area contributed by atoms with E-state index in [-0.39, 0.29) is 5.91 Å². The van der Waals surface area contributed by atoms with E-state index in [2.05, 4.69) is 20.2 Å². The lowest BCUT2D eigenvalue weighted by molar-refractivity contribution is -0.125. The Morgan fingerprint density at radius 1 is 1.21 bits per heavy atom. The molecule has 7 heteroatoms. The number of hydrogen-bond acceptors (Lipinski definition) is 6. The van der Waals surface area contributed by atoms with Gasteiger partial charge in [0.15, 0.2) is 5.82 Å². The number of amides is 1. The molecule has 0 unspecified atom stereocenters. The van der Waals surface area contributed by atoms with Crippen LogP contribution < -0.4 is 25.7 Å². The zero-order valence-electron chi connectivity index (χ0n) is 17.1. The number of aromatic nitrogens is 2. The second kappa shape index (κ2) is 6.54. The Balaban J connectivity index is 1.57. The Morgan fingerprint density at radius 2 is 2.00 bits per heavy atom. The van der Waals surface area contributed by atoms with Gasteiger partial charge in [0.05, 0.1) is 22.7 Å². The molecule has 3 aliphatic rings. The van der Waals surface area contributed by atoms with Gasteiger partial charge in [0.1, 0.15) is 5.69 Å². The van der Waals surface area contributed by atoms with Crippen LogP contribution in [0.25, 0.3) is 6.20 Å². The molecule has 3 heterocycles. The van der Waals surface area contributed by atoms with Crippen LogP contribution in [0.1, 0.15) is 39.5 Å². The Morgan fingerprint density at radius 3 is 2.72 bits per heavy atom. The molecule has 5 rings (SSSR count). The van der Waals surface area contributed by atoms with E-state index >= 15 is 0 Å². The Kier molecular flexibility index (Phi) is 4.08. The van der Waals surface area contributed by atoms with Gasteiger partial charge in [0, 0.05) is 31.1 Å². The highest BCUT2D eigenvalue weighted by Gasteiger charge is 2.41. The zero-order valence-corrected chi connectivity index (χ0v) is 17.1. The van der Waals surface area contributed by atoms with Crippen LogP contribution in [0, 0.1) is 5.41 Å². The second-order valence-corrected chi connectivity index (χ2v) is 8.84. The van der Waals surface area contributed by atoms with E-state index in [1.807, 2.05) is 45.3 Å². The van der Waals surface area contributed by atoms with Gasteiger partial charge in [-0.25, -0.2) is 4.98 Å². The Hall–Kier alpha value is -2.96. The van der Waals surface area contributed by atoms with Gasteiger partial charge in [-0.1, -0.05) is 25.0 Å². The Labute approximate surface area is 170 Å². The largest absolute Gasteiger partial charge is 0.351 e. The van der Waals surface area contributed by atoms with E-state index in [1.165, 1.54) is 12.8 Å². The lowest BCUT2D eigenvalue weighted by atomic mass is 9.91. The molecule has 150 valence electrons. The second-order valence-electron chi connectivity index (χ2n) is 8.84. The topological polar surface area (TPSA) is 73.7 Å². The number of hydrogen-bond donors (Lipinski definition) is 1. The van der Waals surface area contributed by atoms with Gasteiger partial charge in [-0.3, -0.25) is 9.79 Å². The summed E-state index contributed by atoms with van der Waals surface area (Å²) < 4.78 is 0. The summed E-state index contributed by atoms with van der Waals surface area (Å²) in [5.74, 6) is 1.47. The molecule has 0 atom stereocenters. The molecular formula is C22H26N6O. The molecule has 1 saturated carbocycles. The molecule has 1 aromatic carbocycles. The van der Waals surface area contributed by atoms with Gasteiger partial charge >= 0.3 is 0 Å². The van der Waals surface area contributed by atoms with Gasteiger partial charge in [0.25, 0.3) is 0 Å². The van der Waals surface area contributed by atoms with Crippen molar-refractivity contribution in [2.24, 2.45) is 10.4 Å². The molecule has 29 heavy (non-hydrogen) atoms. The van der Waals surface area contributed by atoms with Crippen molar-refractivity contribution in [1.82, 2.24) is 9.97 Å². The SMILES string of the molecule is CN1C(=O)C(C)(C)CN(C2CCCC2)c2nc(Nc3cccc4c3=NC=4)ncc21. The fraction of sp³-hybridized carbons (Fsp3) is 0.455. The predicted molar refractivity (Wildman–Crippen MR) is 114 cm³/mol. The first kappa shape index (κ1) is 18.1. The highest BCUT2D eigenvalue weighted by Crippen LogP contribution is 2.40. The third kappa shape index (κ3) is 2.96. The number of nitrogens with zero attached hydrogens (tertiary/aromatic N) is 5. The van der Waals surface area contributed by atoms with Crippen LogP contribution in [-0.4, -0.2) is 35.5 Å². The van der Waals surface area contributed by atoms with Crippen LogP contribution in [-0.2, 0) is 4.79 Å². The minimum Gasteiger partial charge on any atom is -0.351 e. The summed E-state index contributed by atoms with van der Waals surface area (Å²) in [6.45, 7) is 4.71. The first-order valence-corrected chi connectivity index (χ1v) is 10.3. The van der Waals surface area contributed by atoms with Gasteiger partial charge in [0.2, 0.25) is 11.9 Å². The normalized spacial score (nSPS) is 20.2. The minimum atomic E-state index is -0.483. The van der Waals surface area contributed by atoms with E-state index in [4.69, 9.17) is 4.98 Å². The molecule has 0 bridgehead atoms. The summed E-state index contributed by atoms with van der Waals surface area (Å²) in [6, 6.07) is 6.43. The summed E-state index contributed by atoms with van der Waals surface area (Å²) in [7, 11) is 1.83. The van der Waals surface area contributed by atoms with Crippen LogP contribution in [0.15, 0.2) is 29.4 Å². The average molecular weight is 390 g/mol. The van der Waals surface area contributed by atoms with Crippen LogP contribution in [0.2, 0.25) is 0 Å². The number of carbonyl (C=O) groups is 1. The van der Waals surface area contributed by atoms with Crippen molar-refractivity contribution in [3.05, 3.63) is 35.0 Å². The van der Waals surface area contributed by atoms with Crippen molar-refractivity contribution in [3.63, 3.8) is 0 Å². The van der Waals surface area contributed by atoms with E-state index in [0.717, 1.165) is 40.6 Å². The number of benzene rings is 1. The van der Waals surface area contributed by atoms with Gasteiger partial charge < -0.3 is 15.1 Å². The number of rotatable bonds is 3. The summed E-state index contributed by atoms with van der Waals surface area (Å²) >= 11 is 0. The van der Waals surface area contributed by atoms with Crippen LogP contribution in [0.5, 0.6) is 0 Å². The first-order valence-electron chi connectivity index (χ1n) is 10.3. The van der Waals surface area contributed by atoms with Crippen molar-refractivity contribution in [2.45, 2.75) is 45.6 Å². The molecule has 1 amide bonds. The molecule has 7 nitrogen and oxygen atoms in total. The summed E-state index contributed by atoms with van der Waals surface area (Å²) in [5, 5.41) is 5.38. The van der Waals surface area contributed by atoms with Crippen LogP contribution in [0.4, 0.5) is 23.1 Å². The molecule has 2 aliphatic heterocycles. The average Bonchev–Trinajstić information content (AvgIpc) is 3.19. The molecule has 1 fully saturated rings. The van der Waals surface area contributed by atoms with E-state index in [1.54, 1.807) is 11.1 Å². The van der Waals surface area contributed by atoms with Crippen molar-refractivity contribution < 1.29 is 4.79 Å². The van der Waals surface area contributed by atoms with Crippen molar-refractivity contribution in [1.29, 1.82) is 0 Å². The van der Waals surface area contributed by atoms with Crippen molar-refractivity contribution in [2.75, 3.05) is 28.7 Å². The number of nitrogens with one attached hydrogen (secondary N) is 1. The zero-order chi connectivity index (χ0) is 20.2. The predicted octanol–water partition coefficient (Wildman–Crippen LogP) is 2.34. The van der Waals surface area contributed by atoms with Crippen molar-refractivity contribution >= 4 is 35.2 Å². The quantitative estimate of drug-likeness (QED) is 0.871. The van der Waals surface area contributed by atoms with E-state index in [9.17, 15) is 4.79 Å². The summed E-state index contributed by atoms with van der Waals surface area (Å²) in [6.07, 6.45) is 8.35. The maximum absolute atomic E-state index is 13.1. The lowest BCUT2D eigenvalue weighted by Gasteiger charge is -2.34. The standard InChI is InChI=1S/C22H26N6O/c1-22(2)13-28(15-8-4-5-9-15)19-17(27(3)20(22)29)12-24-21(26-19)25-16-10-6-7-14-11-23-18(14)16/h6-7,10-12,15H,4-5,8-9,13H2,1-3H3,(H,24,25,26). The molecule has 2 aromatic rings. The number of anilines is 4. The molecule has 1 aromatic heterocycles. The molecule has 0 radical (unpaired) electrons. The van der Waals surface area contributed by atoms with E-state index in [0.29, 0.717) is 18.5 Å². The van der Waals surface area contributed by atoms with E-state index < -0.39 is 5.41 Å². The van der Waals surface area contributed by atoms with Gasteiger partial charge in [-0.2, -0.15) is 4.98 Å². The fourth-order valence-corrected chi connectivity index (χ4v) is 4.62. The highest BCUT2D eigenvalue weighted by molar-refractivity contribution is 6.00. The molecule has 0 spiro atoms. The maximum atomic E-state index is 13.1. The monoisotopic (exact) mass is 390 g/mol. The molecule has 1 aliphatic carbocycles. The molecule has 1 N–H and O–H groups in total. The van der Waals surface area contributed by atoms with Gasteiger partial charge in [-0.05, 0) is 32.8 Å².